The molecule has 1 heterocycles. The maximum absolute atomic E-state index is 10.3. The van der Waals surface area contributed by atoms with Gasteiger partial charge in [-0.1, -0.05) is 6.92 Å². The SMILES string of the molecule is CCCNCCC(C)(O)c1cnccc1N. The van der Waals surface area contributed by atoms with Crippen molar-refractivity contribution in [2.75, 3.05) is 18.8 Å². The van der Waals surface area contributed by atoms with Crippen LogP contribution < -0.4 is 11.1 Å². The third kappa shape index (κ3) is 3.47. The summed E-state index contributed by atoms with van der Waals surface area (Å²) in [5.74, 6) is 0. The summed E-state index contributed by atoms with van der Waals surface area (Å²) in [5.41, 5.74) is 6.19. The third-order valence-electron chi connectivity index (χ3n) is 2.65. The molecule has 0 saturated carbocycles. The van der Waals surface area contributed by atoms with Crippen LogP contribution in [0.1, 0.15) is 32.3 Å². The highest BCUT2D eigenvalue weighted by atomic mass is 16.3. The summed E-state index contributed by atoms with van der Waals surface area (Å²) in [7, 11) is 0. The Labute approximate surface area is 96.9 Å². The zero-order chi connectivity index (χ0) is 12.0. The standard InChI is InChI=1S/C12H21N3O/c1-3-6-14-8-5-12(2,16)10-9-15-7-4-11(10)13/h4,7,9,14,16H,3,5-6,8H2,1-2H3,(H2,13,15). The average molecular weight is 223 g/mol. The molecule has 4 heteroatoms. The van der Waals surface area contributed by atoms with Gasteiger partial charge in [-0.3, -0.25) is 4.98 Å². The smallest absolute Gasteiger partial charge is 0.0915 e. The molecule has 1 aromatic rings. The Kier molecular flexibility index (Phi) is 4.71. The number of nitrogens with two attached hydrogens (primary N) is 1. The van der Waals surface area contributed by atoms with Gasteiger partial charge in [-0.25, -0.2) is 0 Å². The van der Waals surface area contributed by atoms with E-state index in [2.05, 4.69) is 17.2 Å². The maximum Gasteiger partial charge on any atom is 0.0915 e. The number of hydrogen-bond acceptors (Lipinski definition) is 4. The summed E-state index contributed by atoms with van der Waals surface area (Å²) in [6, 6.07) is 1.71. The van der Waals surface area contributed by atoms with Crippen molar-refractivity contribution >= 4 is 5.69 Å². The van der Waals surface area contributed by atoms with Crippen molar-refractivity contribution in [1.82, 2.24) is 10.3 Å². The number of rotatable bonds is 6. The highest BCUT2D eigenvalue weighted by molar-refractivity contribution is 5.47. The largest absolute Gasteiger partial charge is 0.398 e. The van der Waals surface area contributed by atoms with E-state index in [0.717, 1.165) is 19.5 Å². The topological polar surface area (TPSA) is 71.2 Å². The van der Waals surface area contributed by atoms with Crippen LogP contribution in [0, 0.1) is 0 Å². The summed E-state index contributed by atoms with van der Waals surface area (Å²) < 4.78 is 0. The molecule has 1 aromatic heterocycles. The lowest BCUT2D eigenvalue weighted by molar-refractivity contribution is 0.0485. The minimum atomic E-state index is -0.918. The van der Waals surface area contributed by atoms with Gasteiger partial charge in [0.1, 0.15) is 0 Å². The Morgan fingerprint density at radius 1 is 1.50 bits per heavy atom. The summed E-state index contributed by atoms with van der Waals surface area (Å²) in [4.78, 5) is 4.00. The molecule has 0 radical (unpaired) electrons. The van der Waals surface area contributed by atoms with Gasteiger partial charge < -0.3 is 16.2 Å². The number of pyridine rings is 1. The molecule has 90 valence electrons. The number of nitrogen functional groups attached to an aromatic ring is 1. The number of aliphatic hydroxyl groups is 1. The number of anilines is 1. The first-order valence-electron chi connectivity index (χ1n) is 5.71. The van der Waals surface area contributed by atoms with Crippen molar-refractivity contribution in [3.8, 4) is 0 Å². The van der Waals surface area contributed by atoms with Gasteiger partial charge in [0.05, 0.1) is 5.60 Å². The van der Waals surface area contributed by atoms with E-state index >= 15 is 0 Å². The minimum absolute atomic E-state index is 0.593. The number of hydrogen-bond donors (Lipinski definition) is 3. The lowest BCUT2D eigenvalue weighted by Gasteiger charge is -2.25. The molecule has 0 aliphatic carbocycles. The Bertz CT molecular complexity index is 326. The van der Waals surface area contributed by atoms with Crippen LogP contribution in [0.2, 0.25) is 0 Å². The fraction of sp³-hybridized carbons (Fsp3) is 0.583. The Hall–Kier alpha value is -1.13. The lowest BCUT2D eigenvalue weighted by Crippen LogP contribution is -2.29. The first-order chi connectivity index (χ1) is 7.58. The molecule has 0 aliphatic heterocycles. The van der Waals surface area contributed by atoms with Gasteiger partial charge in [0.2, 0.25) is 0 Å². The van der Waals surface area contributed by atoms with E-state index in [4.69, 9.17) is 5.73 Å². The van der Waals surface area contributed by atoms with Crippen LogP contribution >= 0.6 is 0 Å². The van der Waals surface area contributed by atoms with Gasteiger partial charge in [-0.2, -0.15) is 0 Å². The molecule has 16 heavy (non-hydrogen) atoms. The molecule has 4 nitrogen and oxygen atoms in total. The van der Waals surface area contributed by atoms with Crippen LogP contribution in [0.3, 0.4) is 0 Å². The molecule has 0 aromatic carbocycles. The zero-order valence-corrected chi connectivity index (χ0v) is 10.0. The van der Waals surface area contributed by atoms with Gasteiger partial charge >= 0.3 is 0 Å². The molecular formula is C12H21N3O. The molecule has 0 amide bonds. The van der Waals surface area contributed by atoms with Crippen molar-refractivity contribution in [3.05, 3.63) is 24.0 Å². The monoisotopic (exact) mass is 223 g/mol. The number of nitrogens with one attached hydrogen (secondary N) is 1. The minimum Gasteiger partial charge on any atom is -0.398 e. The van der Waals surface area contributed by atoms with E-state index in [1.807, 2.05) is 0 Å². The van der Waals surface area contributed by atoms with Crippen molar-refractivity contribution in [2.24, 2.45) is 0 Å². The highest BCUT2D eigenvalue weighted by Crippen LogP contribution is 2.27. The molecule has 1 atom stereocenters. The van der Waals surface area contributed by atoms with Crippen molar-refractivity contribution < 1.29 is 5.11 Å². The molecule has 0 fully saturated rings. The third-order valence-corrected chi connectivity index (χ3v) is 2.65. The summed E-state index contributed by atoms with van der Waals surface area (Å²) >= 11 is 0. The van der Waals surface area contributed by atoms with E-state index < -0.39 is 5.60 Å². The maximum atomic E-state index is 10.3. The van der Waals surface area contributed by atoms with Crippen LogP contribution in [0.4, 0.5) is 5.69 Å². The predicted molar refractivity (Wildman–Crippen MR) is 66.0 cm³/mol. The summed E-state index contributed by atoms with van der Waals surface area (Å²) in [5, 5.41) is 13.6. The molecule has 1 unspecified atom stereocenters. The fourth-order valence-corrected chi connectivity index (χ4v) is 1.62. The second kappa shape index (κ2) is 5.82. The first kappa shape index (κ1) is 12.9. The Morgan fingerprint density at radius 3 is 2.88 bits per heavy atom. The fourth-order valence-electron chi connectivity index (χ4n) is 1.62. The first-order valence-corrected chi connectivity index (χ1v) is 5.71. The molecule has 0 aliphatic rings. The predicted octanol–water partition coefficient (Wildman–Crippen LogP) is 1.26. The Balaban J connectivity index is 2.59. The number of aromatic nitrogens is 1. The van der Waals surface area contributed by atoms with E-state index in [-0.39, 0.29) is 0 Å². The van der Waals surface area contributed by atoms with Crippen LogP contribution in [0.5, 0.6) is 0 Å². The lowest BCUT2D eigenvalue weighted by atomic mass is 9.92. The van der Waals surface area contributed by atoms with Crippen molar-refractivity contribution in [2.45, 2.75) is 32.3 Å². The van der Waals surface area contributed by atoms with Gasteiger partial charge in [0, 0.05) is 23.6 Å². The average Bonchev–Trinajstić information content (AvgIpc) is 2.25. The van der Waals surface area contributed by atoms with E-state index in [1.165, 1.54) is 0 Å². The Morgan fingerprint density at radius 2 is 2.25 bits per heavy atom. The summed E-state index contributed by atoms with van der Waals surface area (Å²) in [6.45, 7) is 5.63. The van der Waals surface area contributed by atoms with Crippen molar-refractivity contribution in [1.29, 1.82) is 0 Å². The van der Waals surface area contributed by atoms with Gasteiger partial charge in [0.25, 0.3) is 0 Å². The van der Waals surface area contributed by atoms with Gasteiger partial charge in [0.15, 0.2) is 0 Å². The molecule has 1 rings (SSSR count). The highest BCUT2D eigenvalue weighted by Gasteiger charge is 2.24. The van der Waals surface area contributed by atoms with Gasteiger partial charge in [-0.05, 0) is 38.9 Å². The molecule has 0 bridgehead atoms. The zero-order valence-electron chi connectivity index (χ0n) is 10.0. The van der Waals surface area contributed by atoms with Crippen molar-refractivity contribution in [3.63, 3.8) is 0 Å². The molecule has 0 saturated heterocycles. The second-order valence-electron chi connectivity index (χ2n) is 4.24. The second-order valence-corrected chi connectivity index (χ2v) is 4.24. The normalized spacial score (nSPS) is 14.7. The van der Waals surface area contributed by atoms with Crippen LogP contribution in [-0.4, -0.2) is 23.2 Å². The van der Waals surface area contributed by atoms with E-state index in [9.17, 15) is 5.11 Å². The van der Waals surface area contributed by atoms with Gasteiger partial charge in [-0.15, -0.1) is 0 Å². The van der Waals surface area contributed by atoms with E-state index in [0.29, 0.717) is 17.7 Å². The van der Waals surface area contributed by atoms with E-state index in [1.54, 1.807) is 25.4 Å². The molecule has 0 spiro atoms. The quantitative estimate of drug-likeness (QED) is 0.635. The molecular weight excluding hydrogens is 202 g/mol. The molecule has 4 N–H and O–H groups in total. The summed E-state index contributed by atoms with van der Waals surface area (Å²) in [6.07, 6.45) is 4.99. The number of nitrogens with zero attached hydrogens (tertiary/aromatic N) is 1. The van der Waals surface area contributed by atoms with Crippen LogP contribution in [0.15, 0.2) is 18.5 Å². The van der Waals surface area contributed by atoms with Crippen LogP contribution in [0.25, 0.3) is 0 Å². The van der Waals surface area contributed by atoms with Crippen LogP contribution in [-0.2, 0) is 5.60 Å².